The third-order valence-corrected chi connectivity index (χ3v) is 3.85. The minimum atomic E-state index is -0.372. The minimum Gasteiger partial charge on any atom is -0.502 e. The second-order valence-corrected chi connectivity index (χ2v) is 6.06. The van der Waals surface area contributed by atoms with Crippen LogP contribution in [0.25, 0.3) is 0 Å². The van der Waals surface area contributed by atoms with E-state index in [2.05, 4.69) is 20.8 Å². The van der Waals surface area contributed by atoms with Crippen molar-refractivity contribution in [1.29, 1.82) is 0 Å². The van der Waals surface area contributed by atoms with Crippen LogP contribution in [0.2, 0.25) is 0 Å². The van der Waals surface area contributed by atoms with Gasteiger partial charge in [-0.3, -0.25) is 0 Å². The van der Waals surface area contributed by atoms with E-state index in [1.165, 1.54) is 44.9 Å². The summed E-state index contributed by atoms with van der Waals surface area (Å²) < 4.78 is 15.7. The highest BCUT2D eigenvalue weighted by molar-refractivity contribution is 4.70. The highest BCUT2D eigenvalue weighted by Gasteiger charge is 2.21. The lowest BCUT2D eigenvalue weighted by Crippen LogP contribution is -2.29. The molecule has 0 saturated carbocycles. The first-order chi connectivity index (χ1) is 11.1. The average molecular weight is 331 g/mol. The van der Waals surface area contributed by atoms with Crippen molar-refractivity contribution in [2.75, 3.05) is 20.8 Å². The second kappa shape index (κ2) is 19.5. The molecule has 0 aliphatic heterocycles. The molecular weight excluding hydrogens is 288 g/mol. The van der Waals surface area contributed by atoms with Crippen molar-refractivity contribution in [1.82, 2.24) is 0 Å². The molecule has 0 aliphatic rings. The summed E-state index contributed by atoms with van der Waals surface area (Å²) in [6.07, 6.45) is 16.2. The van der Waals surface area contributed by atoms with Crippen LogP contribution in [0.5, 0.6) is 0 Å². The number of hydrogen-bond acceptors (Lipinski definition) is 3. The summed E-state index contributed by atoms with van der Waals surface area (Å²) in [4.78, 5) is 0. The fraction of sp³-hybridized carbons (Fsp3) is 0.900. The summed E-state index contributed by atoms with van der Waals surface area (Å²) in [5.41, 5.74) is 0. The fourth-order valence-corrected chi connectivity index (χ4v) is 2.04. The van der Waals surface area contributed by atoms with Crippen LogP contribution in [0.3, 0.4) is 0 Å². The summed E-state index contributed by atoms with van der Waals surface area (Å²) in [6.45, 7) is 9.29. The van der Waals surface area contributed by atoms with E-state index in [0.29, 0.717) is 0 Å². The Hall–Kier alpha value is -0.540. The summed E-state index contributed by atoms with van der Waals surface area (Å²) in [7, 11) is 3.43. The van der Waals surface area contributed by atoms with E-state index in [1.807, 2.05) is 13.0 Å². The van der Waals surface area contributed by atoms with E-state index in [-0.39, 0.29) is 5.79 Å². The highest BCUT2D eigenvalue weighted by Crippen LogP contribution is 2.19. The van der Waals surface area contributed by atoms with Gasteiger partial charge in [0, 0.05) is 20.6 Å². The molecule has 0 aromatic carbocycles. The van der Waals surface area contributed by atoms with Crippen molar-refractivity contribution in [3.05, 3.63) is 12.3 Å². The zero-order valence-corrected chi connectivity index (χ0v) is 16.7. The van der Waals surface area contributed by atoms with Gasteiger partial charge in [0.05, 0.1) is 12.9 Å². The number of unbranched alkanes of at least 4 members (excludes halogenated alkanes) is 6. The second-order valence-electron chi connectivity index (χ2n) is 6.06. The Morgan fingerprint density at radius 1 is 0.783 bits per heavy atom. The molecule has 0 amide bonds. The lowest BCUT2D eigenvalue weighted by Gasteiger charge is -2.26. The van der Waals surface area contributed by atoms with Crippen LogP contribution in [0.4, 0.5) is 0 Å². The van der Waals surface area contributed by atoms with Crippen LogP contribution >= 0.6 is 0 Å². The smallest absolute Gasteiger partial charge is 0.164 e. The van der Waals surface area contributed by atoms with Crippen molar-refractivity contribution in [2.45, 2.75) is 97.7 Å². The van der Waals surface area contributed by atoms with Crippen molar-refractivity contribution in [2.24, 2.45) is 0 Å². The number of rotatable bonds is 14. The Morgan fingerprint density at radius 3 is 1.83 bits per heavy atom. The normalized spacial score (nSPS) is 11.4. The fourth-order valence-electron chi connectivity index (χ4n) is 2.04. The monoisotopic (exact) mass is 330 g/mol. The van der Waals surface area contributed by atoms with E-state index in [9.17, 15) is 0 Å². The lowest BCUT2D eigenvalue weighted by atomic mass is 10.1. The molecule has 0 unspecified atom stereocenters. The Bertz CT molecular complexity index is 235. The van der Waals surface area contributed by atoms with Gasteiger partial charge >= 0.3 is 0 Å². The van der Waals surface area contributed by atoms with Gasteiger partial charge in [-0.05, 0) is 26.2 Å². The van der Waals surface area contributed by atoms with Gasteiger partial charge in [0.2, 0.25) is 0 Å². The van der Waals surface area contributed by atoms with Crippen molar-refractivity contribution < 1.29 is 14.2 Å². The van der Waals surface area contributed by atoms with Crippen molar-refractivity contribution >= 4 is 0 Å². The number of methoxy groups -OCH3 is 2. The standard InChI is InChI=1S/C13H28O2.C7H14O/c1-5-6-7-8-9-10-11-12-13(2,14-3)15-4;1-3-5-7-8-6-4-2/h5-12H2,1-4H3;5,7H,3-4,6H2,1-2H3. The molecule has 0 saturated heterocycles. The zero-order chi connectivity index (χ0) is 17.8. The van der Waals surface area contributed by atoms with E-state index >= 15 is 0 Å². The molecule has 0 fully saturated rings. The maximum absolute atomic E-state index is 5.31. The number of allylic oxidation sites excluding steroid dienone is 1. The molecule has 3 nitrogen and oxygen atoms in total. The van der Waals surface area contributed by atoms with E-state index in [0.717, 1.165) is 25.9 Å². The first-order valence-electron chi connectivity index (χ1n) is 9.47. The molecule has 0 radical (unpaired) electrons. The van der Waals surface area contributed by atoms with Gasteiger partial charge in [-0.25, -0.2) is 0 Å². The summed E-state index contributed by atoms with van der Waals surface area (Å²) in [5, 5.41) is 0. The molecule has 0 aromatic heterocycles. The van der Waals surface area contributed by atoms with Gasteiger partial charge in [-0.15, -0.1) is 0 Å². The van der Waals surface area contributed by atoms with Gasteiger partial charge in [0.25, 0.3) is 0 Å². The lowest BCUT2D eigenvalue weighted by molar-refractivity contribution is -0.197. The summed E-state index contributed by atoms with van der Waals surface area (Å²) in [6, 6.07) is 0. The Kier molecular flexibility index (Phi) is 21.0. The largest absolute Gasteiger partial charge is 0.502 e. The molecule has 23 heavy (non-hydrogen) atoms. The van der Waals surface area contributed by atoms with Gasteiger partial charge in [-0.1, -0.05) is 65.4 Å². The van der Waals surface area contributed by atoms with Crippen LogP contribution in [0.1, 0.15) is 91.9 Å². The molecule has 0 rings (SSSR count). The summed E-state index contributed by atoms with van der Waals surface area (Å²) >= 11 is 0. The molecule has 0 aliphatic carbocycles. The quantitative estimate of drug-likeness (QED) is 0.207. The third kappa shape index (κ3) is 19.4. The highest BCUT2D eigenvalue weighted by atomic mass is 16.7. The van der Waals surface area contributed by atoms with Gasteiger partial charge < -0.3 is 14.2 Å². The molecule has 0 spiro atoms. The predicted octanol–water partition coefficient (Wildman–Crippen LogP) is 6.47. The van der Waals surface area contributed by atoms with Gasteiger partial charge in [0.1, 0.15) is 0 Å². The Morgan fingerprint density at radius 2 is 1.35 bits per heavy atom. The van der Waals surface area contributed by atoms with E-state index < -0.39 is 0 Å². The first-order valence-corrected chi connectivity index (χ1v) is 9.47. The molecule has 0 atom stereocenters. The molecule has 0 heterocycles. The Balaban J connectivity index is 0. The maximum atomic E-state index is 5.31. The van der Waals surface area contributed by atoms with Crippen LogP contribution in [0, 0.1) is 0 Å². The molecule has 3 heteroatoms. The first kappa shape index (κ1) is 24.7. The van der Waals surface area contributed by atoms with Crippen LogP contribution in [-0.2, 0) is 14.2 Å². The van der Waals surface area contributed by atoms with Crippen molar-refractivity contribution in [3.63, 3.8) is 0 Å². The Labute approximate surface area is 145 Å². The van der Waals surface area contributed by atoms with Crippen molar-refractivity contribution in [3.8, 4) is 0 Å². The van der Waals surface area contributed by atoms with E-state index in [1.54, 1.807) is 20.5 Å². The topological polar surface area (TPSA) is 27.7 Å². The molecular formula is C20H42O3. The zero-order valence-electron chi connectivity index (χ0n) is 16.7. The van der Waals surface area contributed by atoms with Gasteiger partial charge in [0.15, 0.2) is 5.79 Å². The van der Waals surface area contributed by atoms with Crippen LogP contribution in [0.15, 0.2) is 12.3 Å². The molecule has 0 bridgehead atoms. The van der Waals surface area contributed by atoms with Gasteiger partial charge in [-0.2, -0.15) is 0 Å². The third-order valence-electron chi connectivity index (χ3n) is 3.85. The van der Waals surface area contributed by atoms with E-state index in [4.69, 9.17) is 14.2 Å². The number of ether oxygens (including phenoxy) is 3. The number of hydrogen-bond donors (Lipinski definition) is 0. The molecule has 140 valence electrons. The average Bonchev–Trinajstić information content (AvgIpc) is 2.58. The predicted molar refractivity (Wildman–Crippen MR) is 101 cm³/mol. The SMILES string of the molecule is CCC=COCCC.CCCCCCCCCC(C)(OC)OC. The van der Waals surface area contributed by atoms with Crippen LogP contribution in [-0.4, -0.2) is 26.6 Å². The minimum absolute atomic E-state index is 0.372. The summed E-state index contributed by atoms with van der Waals surface area (Å²) in [5.74, 6) is -0.372. The molecule has 0 aromatic rings. The molecule has 0 N–H and O–H groups in total. The maximum Gasteiger partial charge on any atom is 0.164 e. The van der Waals surface area contributed by atoms with Crippen LogP contribution < -0.4 is 0 Å².